The van der Waals surface area contributed by atoms with Crippen molar-refractivity contribution in [2.24, 2.45) is 0 Å². The third kappa shape index (κ3) is 5.39. The van der Waals surface area contributed by atoms with Gasteiger partial charge in [0, 0.05) is 18.8 Å². The average Bonchev–Trinajstić information content (AvgIpc) is 2.57. The summed E-state index contributed by atoms with van der Waals surface area (Å²) in [4.78, 5) is 30.7. The van der Waals surface area contributed by atoms with Crippen LogP contribution in [-0.4, -0.2) is 48.9 Å². The lowest BCUT2D eigenvalue weighted by Gasteiger charge is -2.11. The van der Waals surface area contributed by atoms with Gasteiger partial charge in [-0.15, -0.1) is 0 Å². The molecule has 2 aromatic rings. The Morgan fingerprint density at radius 1 is 1.04 bits per heavy atom. The minimum atomic E-state index is -0.338. The maximum Gasteiger partial charge on any atom is 0.274 e. The lowest BCUT2D eigenvalue weighted by atomic mass is 10.1. The third-order valence-electron chi connectivity index (χ3n) is 3.69. The predicted molar refractivity (Wildman–Crippen MR) is 99.0 cm³/mol. The summed E-state index contributed by atoms with van der Waals surface area (Å²) in [6, 6.07) is 10.6. The number of hydrogen-bond acceptors (Lipinski definition) is 4. The standard InChI is InChI=1S/C19H24N4O2/c1-13-8-9-15(14(2)12-13)22-19(25)17-7-5-6-16(21-17)18(24)20-10-11-23(3)4/h5-9,12H,10-11H2,1-4H3,(H,20,24)(H,22,25). The second kappa shape index (κ2) is 8.39. The van der Waals surface area contributed by atoms with Crippen molar-refractivity contribution >= 4 is 17.5 Å². The lowest BCUT2D eigenvalue weighted by molar-refractivity contribution is 0.0946. The van der Waals surface area contributed by atoms with Crippen molar-refractivity contribution in [3.8, 4) is 0 Å². The number of hydrogen-bond donors (Lipinski definition) is 2. The molecule has 0 saturated carbocycles. The van der Waals surface area contributed by atoms with E-state index in [-0.39, 0.29) is 23.2 Å². The lowest BCUT2D eigenvalue weighted by Crippen LogP contribution is -2.32. The molecule has 0 unspecified atom stereocenters. The molecule has 1 aromatic heterocycles. The second-order valence-corrected chi connectivity index (χ2v) is 6.24. The summed E-state index contributed by atoms with van der Waals surface area (Å²) in [5.74, 6) is -0.627. The molecule has 0 bridgehead atoms. The van der Waals surface area contributed by atoms with E-state index in [1.807, 2.05) is 51.0 Å². The highest BCUT2D eigenvalue weighted by molar-refractivity contribution is 6.04. The number of pyridine rings is 1. The zero-order valence-electron chi connectivity index (χ0n) is 15.1. The van der Waals surface area contributed by atoms with Crippen LogP contribution in [0.3, 0.4) is 0 Å². The van der Waals surface area contributed by atoms with Gasteiger partial charge in [-0.25, -0.2) is 4.98 Å². The van der Waals surface area contributed by atoms with E-state index in [0.717, 1.165) is 23.4 Å². The van der Waals surface area contributed by atoms with Gasteiger partial charge in [0.1, 0.15) is 11.4 Å². The van der Waals surface area contributed by atoms with Crippen molar-refractivity contribution in [3.05, 3.63) is 58.9 Å². The van der Waals surface area contributed by atoms with E-state index in [2.05, 4.69) is 15.6 Å². The first-order chi connectivity index (χ1) is 11.9. The van der Waals surface area contributed by atoms with E-state index in [1.165, 1.54) is 0 Å². The van der Waals surface area contributed by atoms with Crippen LogP contribution in [-0.2, 0) is 0 Å². The quantitative estimate of drug-likeness (QED) is 0.846. The Hall–Kier alpha value is -2.73. The monoisotopic (exact) mass is 340 g/mol. The van der Waals surface area contributed by atoms with Gasteiger partial charge in [0.25, 0.3) is 11.8 Å². The van der Waals surface area contributed by atoms with Crippen molar-refractivity contribution in [2.75, 3.05) is 32.5 Å². The third-order valence-corrected chi connectivity index (χ3v) is 3.69. The van der Waals surface area contributed by atoms with Crippen LogP contribution in [0.4, 0.5) is 5.69 Å². The molecule has 0 aliphatic rings. The predicted octanol–water partition coefficient (Wildman–Crippen LogP) is 2.24. The number of nitrogens with one attached hydrogen (secondary N) is 2. The van der Waals surface area contributed by atoms with Gasteiger partial charge >= 0.3 is 0 Å². The van der Waals surface area contributed by atoms with Crippen molar-refractivity contribution in [2.45, 2.75) is 13.8 Å². The fourth-order valence-corrected chi connectivity index (χ4v) is 2.31. The van der Waals surface area contributed by atoms with Crippen molar-refractivity contribution in [3.63, 3.8) is 0 Å². The molecular weight excluding hydrogens is 316 g/mol. The number of amides is 2. The Labute approximate surface area is 148 Å². The summed E-state index contributed by atoms with van der Waals surface area (Å²) >= 11 is 0. The van der Waals surface area contributed by atoms with E-state index in [0.29, 0.717) is 6.54 Å². The zero-order chi connectivity index (χ0) is 18.4. The number of anilines is 1. The molecular formula is C19H24N4O2. The van der Waals surface area contributed by atoms with Crippen LogP contribution in [0.1, 0.15) is 32.1 Å². The zero-order valence-corrected chi connectivity index (χ0v) is 15.1. The minimum Gasteiger partial charge on any atom is -0.349 e. The molecule has 6 nitrogen and oxygen atoms in total. The van der Waals surface area contributed by atoms with E-state index >= 15 is 0 Å². The largest absolute Gasteiger partial charge is 0.349 e. The highest BCUT2D eigenvalue weighted by atomic mass is 16.2. The number of rotatable bonds is 6. The van der Waals surface area contributed by atoms with Gasteiger partial charge in [-0.2, -0.15) is 0 Å². The average molecular weight is 340 g/mol. The summed E-state index contributed by atoms with van der Waals surface area (Å²) in [5.41, 5.74) is 3.28. The molecule has 0 radical (unpaired) electrons. The molecule has 0 atom stereocenters. The van der Waals surface area contributed by atoms with Gasteiger partial charge < -0.3 is 15.5 Å². The number of carbonyl (C=O) groups excluding carboxylic acids is 2. The van der Waals surface area contributed by atoms with Crippen LogP contribution < -0.4 is 10.6 Å². The highest BCUT2D eigenvalue weighted by Crippen LogP contribution is 2.16. The second-order valence-electron chi connectivity index (χ2n) is 6.24. The molecule has 2 rings (SSSR count). The summed E-state index contributed by atoms with van der Waals surface area (Å²) in [6.45, 7) is 5.19. The van der Waals surface area contributed by atoms with Gasteiger partial charge in [0.15, 0.2) is 0 Å². The molecule has 1 aromatic carbocycles. The first kappa shape index (κ1) is 18.6. The molecule has 0 aliphatic carbocycles. The van der Waals surface area contributed by atoms with Crippen LogP contribution in [0.2, 0.25) is 0 Å². The van der Waals surface area contributed by atoms with E-state index in [4.69, 9.17) is 0 Å². The molecule has 0 fully saturated rings. The van der Waals surface area contributed by atoms with Crippen molar-refractivity contribution in [1.82, 2.24) is 15.2 Å². The molecule has 1 heterocycles. The highest BCUT2D eigenvalue weighted by Gasteiger charge is 2.13. The fourth-order valence-electron chi connectivity index (χ4n) is 2.31. The molecule has 0 aliphatic heterocycles. The Balaban J connectivity index is 2.06. The Kier molecular flexibility index (Phi) is 6.25. The number of carbonyl (C=O) groups is 2. The number of aromatic nitrogens is 1. The summed E-state index contributed by atoms with van der Waals surface area (Å²) in [7, 11) is 3.87. The maximum atomic E-state index is 12.4. The van der Waals surface area contributed by atoms with Gasteiger partial charge in [-0.05, 0) is 51.7 Å². The van der Waals surface area contributed by atoms with Crippen molar-refractivity contribution < 1.29 is 9.59 Å². The van der Waals surface area contributed by atoms with Gasteiger partial charge in [-0.3, -0.25) is 9.59 Å². The number of nitrogens with zero attached hydrogens (tertiary/aromatic N) is 2. The van der Waals surface area contributed by atoms with Gasteiger partial charge in [0.2, 0.25) is 0 Å². The topological polar surface area (TPSA) is 74.3 Å². The molecule has 132 valence electrons. The van der Waals surface area contributed by atoms with Crippen LogP contribution >= 0.6 is 0 Å². The maximum absolute atomic E-state index is 12.4. The van der Waals surface area contributed by atoms with Crippen LogP contribution in [0.15, 0.2) is 36.4 Å². The number of aryl methyl sites for hydroxylation is 2. The Bertz CT molecular complexity index is 772. The molecule has 2 amide bonds. The number of likely N-dealkylation sites (N-methyl/N-ethyl adjacent to an activating group) is 1. The first-order valence-corrected chi connectivity index (χ1v) is 8.15. The van der Waals surface area contributed by atoms with Gasteiger partial charge in [0.05, 0.1) is 0 Å². The van der Waals surface area contributed by atoms with Gasteiger partial charge in [-0.1, -0.05) is 23.8 Å². The fraction of sp³-hybridized carbons (Fsp3) is 0.316. The molecule has 0 saturated heterocycles. The molecule has 6 heteroatoms. The van der Waals surface area contributed by atoms with Crippen LogP contribution in [0, 0.1) is 13.8 Å². The SMILES string of the molecule is Cc1ccc(NC(=O)c2cccc(C(=O)NCCN(C)C)n2)c(C)c1. The summed E-state index contributed by atoms with van der Waals surface area (Å²) in [6.07, 6.45) is 0. The Morgan fingerprint density at radius 3 is 2.36 bits per heavy atom. The first-order valence-electron chi connectivity index (χ1n) is 8.15. The normalized spacial score (nSPS) is 10.6. The smallest absolute Gasteiger partial charge is 0.274 e. The van der Waals surface area contributed by atoms with Crippen LogP contribution in [0.5, 0.6) is 0 Å². The number of benzene rings is 1. The van der Waals surface area contributed by atoms with Crippen LogP contribution in [0.25, 0.3) is 0 Å². The van der Waals surface area contributed by atoms with Crippen molar-refractivity contribution in [1.29, 1.82) is 0 Å². The minimum absolute atomic E-state index is 0.209. The summed E-state index contributed by atoms with van der Waals surface area (Å²) < 4.78 is 0. The van der Waals surface area contributed by atoms with E-state index < -0.39 is 0 Å². The molecule has 0 spiro atoms. The van der Waals surface area contributed by atoms with E-state index in [1.54, 1.807) is 18.2 Å². The van der Waals surface area contributed by atoms with E-state index in [9.17, 15) is 9.59 Å². The summed E-state index contributed by atoms with van der Waals surface area (Å²) in [5, 5.41) is 5.62. The molecule has 25 heavy (non-hydrogen) atoms. The Morgan fingerprint density at radius 2 is 1.72 bits per heavy atom. The molecule has 2 N–H and O–H groups in total.